The summed E-state index contributed by atoms with van der Waals surface area (Å²) in [5.74, 6) is 1.24. The van der Waals surface area contributed by atoms with Gasteiger partial charge in [-0.05, 0) is 49.4 Å². The molecule has 23 heavy (non-hydrogen) atoms. The zero-order chi connectivity index (χ0) is 16.2. The van der Waals surface area contributed by atoms with E-state index in [9.17, 15) is 4.79 Å². The summed E-state index contributed by atoms with van der Waals surface area (Å²) in [6.07, 6.45) is 5.02. The first-order valence-electron chi connectivity index (χ1n) is 7.82. The number of rotatable bonds is 4. The highest BCUT2D eigenvalue weighted by Gasteiger charge is 2.24. The topological polar surface area (TPSA) is 67.5 Å². The number of aromatic amines is 1. The molecule has 0 saturated heterocycles. The molecule has 2 heterocycles. The fourth-order valence-corrected chi connectivity index (χ4v) is 3.02. The lowest BCUT2D eigenvalue weighted by Gasteiger charge is -2.28. The fourth-order valence-electron chi connectivity index (χ4n) is 3.02. The lowest BCUT2D eigenvalue weighted by molar-refractivity contribution is 0.179. The van der Waals surface area contributed by atoms with E-state index in [0.29, 0.717) is 19.1 Å². The summed E-state index contributed by atoms with van der Waals surface area (Å²) in [6, 6.07) is 5.88. The van der Waals surface area contributed by atoms with Crippen LogP contribution in [0.3, 0.4) is 0 Å². The highest BCUT2D eigenvalue weighted by atomic mass is 16.5. The largest absolute Gasteiger partial charge is 0.493 e. The maximum atomic E-state index is 11.9. The third-order valence-corrected chi connectivity index (χ3v) is 4.20. The zero-order valence-corrected chi connectivity index (χ0v) is 13.4. The van der Waals surface area contributed by atoms with Crippen molar-refractivity contribution in [3.05, 3.63) is 42.0 Å². The van der Waals surface area contributed by atoms with Crippen LogP contribution >= 0.6 is 0 Å². The number of H-pyrrole nitrogens is 1. The van der Waals surface area contributed by atoms with Gasteiger partial charge in [0, 0.05) is 24.1 Å². The third kappa shape index (κ3) is 3.16. The molecule has 1 aliphatic heterocycles. The number of carbonyl (C=O) groups is 1. The average molecular weight is 315 g/mol. The molecule has 0 spiro atoms. The van der Waals surface area contributed by atoms with Gasteiger partial charge in [0.05, 0.1) is 20.0 Å². The quantitative estimate of drug-likeness (QED) is 0.941. The molecule has 0 fully saturated rings. The molecule has 1 N–H and O–H groups in total. The summed E-state index contributed by atoms with van der Waals surface area (Å²) < 4.78 is 10.6. The summed E-state index contributed by atoms with van der Waals surface area (Å²) >= 11 is 0. The molecular formula is C17H21N3O3. The minimum absolute atomic E-state index is 0.343. The standard InChI is InChI=1S/C17H21N3O3/c1-3-20(17(21)22-2)14-4-5-16-15(9-14)12(6-7-23-16)8-13-10-18-11-19-13/h4-5,9-12H,3,6-8H2,1-2H3,(H,18,19). The van der Waals surface area contributed by atoms with Crippen molar-refractivity contribution in [1.29, 1.82) is 0 Å². The summed E-state index contributed by atoms with van der Waals surface area (Å²) in [5.41, 5.74) is 3.07. The summed E-state index contributed by atoms with van der Waals surface area (Å²) in [5, 5.41) is 0. The Morgan fingerprint density at radius 1 is 1.52 bits per heavy atom. The Hall–Kier alpha value is -2.50. The second kappa shape index (κ2) is 6.73. The Morgan fingerprint density at radius 2 is 2.39 bits per heavy atom. The van der Waals surface area contributed by atoms with Crippen LogP contribution in [0.5, 0.6) is 5.75 Å². The molecule has 6 heteroatoms. The first-order valence-corrected chi connectivity index (χ1v) is 7.82. The number of nitrogens with one attached hydrogen (secondary N) is 1. The Labute approximate surface area is 135 Å². The van der Waals surface area contributed by atoms with Gasteiger partial charge in [-0.15, -0.1) is 0 Å². The Balaban J connectivity index is 1.91. The normalized spacial score (nSPS) is 16.3. The van der Waals surface area contributed by atoms with Gasteiger partial charge in [0.2, 0.25) is 0 Å². The highest BCUT2D eigenvalue weighted by Crippen LogP contribution is 2.38. The van der Waals surface area contributed by atoms with E-state index in [1.165, 1.54) is 7.11 Å². The average Bonchev–Trinajstić information content (AvgIpc) is 3.09. The van der Waals surface area contributed by atoms with Crippen molar-refractivity contribution in [3.8, 4) is 5.75 Å². The van der Waals surface area contributed by atoms with Crippen molar-refractivity contribution in [2.45, 2.75) is 25.7 Å². The van der Waals surface area contributed by atoms with E-state index in [1.54, 1.807) is 11.2 Å². The second-order valence-electron chi connectivity index (χ2n) is 5.55. The van der Waals surface area contributed by atoms with Crippen LogP contribution < -0.4 is 9.64 Å². The van der Waals surface area contributed by atoms with Crippen LogP contribution in [0.25, 0.3) is 0 Å². The fraction of sp³-hybridized carbons (Fsp3) is 0.412. The van der Waals surface area contributed by atoms with Gasteiger partial charge in [-0.3, -0.25) is 4.90 Å². The molecule has 0 saturated carbocycles. The van der Waals surface area contributed by atoms with Crippen LogP contribution in [-0.4, -0.2) is 36.3 Å². The molecule has 2 aromatic rings. The van der Waals surface area contributed by atoms with Crippen molar-refractivity contribution in [2.75, 3.05) is 25.2 Å². The first kappa shape index (κ1) is 15.4. The maximum Gasteiger partial charge on any atom is 0.413 e. The third-order valence-electron chi connectivity index (χ3n) is 4.20. The predicted molar refractivity (Wildman–Crippen MR) is 87.0 cm³/mol. The van der Waals surface area contributed by atoms with Gasteiger partial charge in [-0.1, -0.05) is 0 Å². The second-order valence-corrected chi connectivity index (χ2v) is 5.55. The van der Waals surface area contributed by atoms with Crippen LogP contribution in [0, 0.1) is 0 Å². The molecule has 1 aromatic carbocycles. The number of carbonyl (C=O) groups excluding carboxylic acids is 1. The van der Waals surface area contributed by atoms with Gasteiger partial charge in [0.15, 0.2) is 0 Å². The predicted octanol–water partition coefficient (Wildman–Crippen LogP) is 3.11. The van der Waals surface area contributed by atoms with E-state index in [2.05, 4.69) is 9.97 Å². The van der Waals surface area contributed by atoms with E-state index in [1.807, 2.05) is 31.3 Å². The molecule has 122 valence electrons. The van der Waals surface area contributed by atoms with Crippen LogP contribution in [0.4, 0.5) is 10.5 Å². The molecule has 6 nitrogen and oxygen atoms in total. The van der Waals surface area contributed by atoms with E-state index < -0.39 is 0 Å². The van der Waals surface area contributed by atoms with Crippen LogP contribution in [0.2, 0.25) is 0 Å². The lowest BCUT2D eigenvalue weighted by atomic mass is 9.89. The van der Waals surface area contributed by atoms with Gasteiger partial charge in [-0.2, -0.15) is 0 Å². The smallest absolute Gasteiger partial charge is 0.413 e. The van der Waals surface area contributed by atoms with E-state index in [4.69, 9.17) is 9.47 Å². The Kier molecular flexibility index (Phi) is 4.50. The molecule has 3 rings (SSSR count). The number of fused-ring (bicyclic) bond motifs is 1. The zero-order valence-electron chi connectivity index (χ0n) is 13.4. The van der Waals surface area contributed by atoms with Gasteiger partial charge < -0.3 is 14.5 Å². The minimum Gasteiger partial charge on any atom is -0.493 e. The van der Waals surface area contributed by atoms with Gasteiger partial charge in [0.25, 0.3) is 0 Å². The number of amides is 1. The van der Waals surface area contributed by atoms with Crippen molar-refractivity contribution >= 4 is 11.8 Å². The molecule has 0 bridgehead atoms. The highest BCUT2D eigenvalue weighted by molar-refractivity contribution is 5.87. The van der Waals surface area contributed by atoms with E-state index in [0.717, 1.165) is 35.5 Å². The maximum absolute atomic E-state index is 11.9. The summed E-state index contributed by atoms with van der Waals surface area (Å²) in [4.78, 5) is 20.8. The molecule has 1 unspecified atom stereocenters. The van der Waals surface area contributed by atoms with Gasteiger partial charge >= 0.3 is 6.09 Å². The number of imidazole rings is 1. The van der Waals surface area contributed by atoms with Crippen LogP contribution in [0.15, 0.2) is 30.7 Å². The molecule has 0 radical (unpaired) electrons. The van der Waals surface area contributed by atoms with E-state index >= 15 is 0 Å². The van der Waals surface area contributed by atoms with Crippen molar-refractivity contribution in [1.82, 2.24) is 9.97 Å². The number of methoxy groups -OCH3 is 1. The molecule has 1 atom stereocenters. The molecule has 1 aromatic heterocycles. The summed E-state index contributed by atoms with van der Waals surface area (Å²) in [6.45, 7) is 3.19. The van der Waals surface area contributed by atoms with E-state index in [-0.39, 0.29) is 6.09 Å². The summed E-state index contributed by atoms with van der Waals surface area (Å²) in [7, 11) is 1.40. The number of nitrogens with zero attached hydrogens (tertiary/aromatic N) is 2. The number of benzene rings is 1. The Bertz CT molecular complexity index is 670. The molecule has 0 aliphatic carbocycles. The van der Waals surface area contributed by atoms with Crippen LogP contribution in [0.1, 0.15) is 30.5 Å². The van der Waals surface area contributed by atoms with Crippen molar-refractivity contribution in [3.63, 3.8) is 0 Å². The van der Waals surface area contributed by atoms with Crippen molar-refractivity contribution in [2.24, 2.45) is 0 Å². The first-order chi connectivity index (χ1) is 11.2. The number of anilines is 1. The van der Waals surface area contributed by atoms with Crippen LogP contribution in [-0.2, 0) is 11.2 Å². The molecule has 1 amide bonds. The van der Waals surface area contributed by atoms with Gasteiger partial charge in [-0.25, -0.2) is 9.78 Å². The SMILES string of the molecule is CCN(C(=O)OC)c1ccc2c(c1)C(Cc1cnc[nH]1)CCO2. The number of aromatic nitrogens is 2. The number of hydrogen-bond acceptors (Lipinski definition) is 4. The lowest BCUT2D eigenvalue weighted by Crippen LogP contribution is -2.30. The van der Waals surface area contributed by atoms with Gasteiger partial charge in [0.1, 0.15) is 5.75 Å². The Morgan fingerprint density at radius 3 is 3.09 bits per heavy atom. The molecular weight excluding hydrogens is 294 g/mol. The number of ether oxygens (including phenoxy) is 2. The van der Waals surface area contributed by atoms with Crippen molar-refractivity contribution < 1.29 is 14.3 Å². The molecule has 1 aliphatic rings. The minimum atomic E-state index is -0.353. The number of hydrogen-bond donors (Lipinski definition) is 1. The monoisotopic (exact) mass is 315 g/mol.